The van der Waals surface area contributed by atoms with Gasteiger partial charge in [0.15, 0.2) is 9.84 Å². The van der Waals surface area contributed by atoms with Gasteiger partial charge in [-0.25, -0.2) is 13.2 Å². The first kappa shape index (κ1) is 35.0. The monoisotopic (exact) mass is 718 g/mol. The molecule has 0 bridgehead atoms. The summed E-state index contributed by atoms with van der Waals surface area (Å²) in [6.45, 7) is 1.12. The number of carbonyl (C=O) groups is 2. The summed E-state index contributed by atoms with van der Waals surface area (Å²) in [5.74, 6) is -1.44. The van der Waals surface area contributed by atoms with Gasteiger partial charge in [0.05, 0.1) is 17.2 Å². The fourth-order valence-corrected chi connectivity index (χ4v) is 7.34. The standard InChI is InChI=1S/C35H28F6N2O6S/c1-2-50(47,48)23-15-16-24-20(17-23)18-43(32(45)49-19-29-27-9-5-3-7-25(27)26-8-4-6-10-28(26)29)30(24)31(44)42-22-13-11-21(12-14-22)33(46,34(36,37)38)35(39,40)41/h3-17,29-30,46H,2,18-19H2,1H3,(H,42,44). The van der Waals surface area contributed by atoms with Gasteiger partial charge in [0, 0.05) is 17.2 Å². The van der Waals surface area contributed by atoms with Gasteiger partial charge in [-0.05, 0) is 57.6 Å². The van der Waals surface area contributed by atoms with Gasteiger partial charge < -0.3 is 15.2 Å². The van der Waals surface area contributed by atoms with Gasteiger partial charge in [0.25, 0.3) is 11.5 Å². The molecule has 0 fully saturated rings. The van der Waals surface area contributed by atoms with Crippen molar-refractivity contribution in [3.05, 3.63) is 119 Å². The normalized spacial score (nSPS) is 16.1. The van der Waals surface area contributed by atoms with Crippen LogP contribution in [0.2, 0.25) is 0 Å². The minimum Gasteiger partial charge on any atom is -0.448 e. The van der Waals surface area contributed by atoms with Crippen molar-refractivity contribution in [3.8, 4) is 11.1 Å². The first-order valence-electron chi connectivity index (χ1n) is 15.2. The molecule has 1 aliphatic heterocycles. The molecule has 50 heavy (non-hydrogen) atoms. The lowest BCUT2D eigenvalue weighted by atomic mass is 9.92. The van der Waals surface area contributed by atoms with Gasteiger partial charge >= 0.3 is 18.4 Å². The topological polar surface area (TPSA) is 113 Å². The summed E-state index contributed by atoms with van der Waals surface area (Å²) in [5.41, 5.74) is -2.53. The van der Waals surface area contributed by atoms with E-state index >= 15 is 0 Å². The summed E-state index contributed by atoms with van der Waals surface area (Å²) >= 11 is 0. The van der Waals surface area contributed by atoms with Gasteiger partial charge in [-0.2, -0.15) is 26.3 Å². The molecule has 2 N–H and O–H groups in total. The largest absolute Gasteiger partial charge is 0.448 e. The Bertz CT molecular complexity index is 2020. The SMILES string of the molecule is CCS(=O)(=O)c1ccc2c(c1)CN(C(=O)OCC1c3ccccc3-c3ccccc31)C2C(=O)Nc1ccc(C(O)(C(F)(F)F)C(F)(F)F)cc1. The van der Waals surface area contributed by atoms with Gasteiger partial charge in [-0.3, -0.25) is 9.69 Å². The van der Waals surface area contributed by atoms with Crippen LogP contribution in [0.3, 0.4) is 0 Å². The summed E-state index contributed by atoms with van der Waals surface area (Å²) in [6, 6.07) is 20.1. The molecule has 4 aromatic rings. The fraction of sp³-hybridized carbons (Fsp3) is 0.257. The summed E-state index contributed by atoms with van der Waals surface area (Å²) in [5, 5.41) is 12.1. The molecule has 1 heterocycles. The molecule has 15 heteroatoms. The lowest BCUT2D eigenvalue weighted by Crippen LogP contribution is -2.53. The van der Waals surface area contributed by atoms with Crippen LogP contribution in [-0.2, 0) is 31.5 Å². The molecule has 0 spiro atoms. The molecular weight excluding hydrogens is 690 g/mol. The minimum atomic E-state index is -6.10. The predicted octanol–water partition coefficient (Wildman–Crippen LogP) is 7.24. The van der Waals surface area contributed by atoms with Crippen molar-refractivity contribution in [3.63, 3.8) is 0 Å². The molecular formula is C35H28F6N2O6S. The number of halogens is 6. The van der Waals surface area contributed by atoms with Crippen LogP contribution in [-0.4, -0.2) is 55.1 Å². The Labute approximate surface area is 282 Å². The first-order valence-corrected chi connectivity index (χ1v) is 16.9. The molecule has 1 atom stereocenters. The predicted molar refractivity (Wildman–Crippen MR) is 169 cm³/mol. The summed E-state index contributed by atoms with van der Waals surface area (Å²) in [6.07, 6.45) is -13.1. The van der Waals surface area contributed by atoms with Crippen molar-refractivity contribution in [1.82, 2.24) is 4.90 Å². The average molecular weight is 719 g/mol. The van der Waals surface area contributed by atoms with Crippen LogP contribution in [0.25, 0.3) is 11.1 Å². The molecule has 4 aromatic carbocycles. The Hall–Kier alpha value is -4.89. The van der Waals surface area contributed by atoms with Crippen molar-refractivity contribution < 1.29 is 54.2 Å². The molecule has 2 amide bonds. The molecule has 1 unspecified atom stereocenters. The zero-order valence-electron chi connectivity index (χ0n) is 26.0. The molecule has 0 saturated carbocycles. The van der Waals surface area contributed by atoms with Crippen molar-refractivity contribution in [2.75, 3.05) is 17.7 Å². The third kappa shape index (κ3) is 5.87. The van der Waals surface area contributed by atoms with Crippen molar-refractivity contribution >= 4 is 27.5 Å². The maximum Gasteiger partial charge on any atom is 0.430 e. The Morgan fingerprint density at radius 1 is 0.840 bits per heavy atom. The van der Waals surface area contributed by atoms with Crippen LogP contribution in [0.5, 0.6) is 0 Å². The average Bonchev–Trinajstić information content (AvgIpc) is 3.62. The van der Waals surface area contributed by atoms with E-state index in [2.05, 4.69) is 5.32 Å². The summed E-state index contributed by atoms with van der Waals surface area (Å²) < 4.78 is 111. The minimum absolute atomic E-state index is 0.0373. The van der Waals surface area contributed by atoms with Gasteiger partial charge in [-0.15, -0.1) is 0 Å². The number of ether oxygens (including phenoxy) is 1. The zero-order valence-corrected chi connectivity index (χ0v) is 26.9. The number of hydrogen-bond donors (Lipinski definition) is 2. The first-order chi connectivity index (χ1) is 23.5. The van der Waals surface area contributed by atoms with Crippen molar-refractivity contribution in [2.45, 2.75) is 48.3 Å². The highest BCUT2D eigenvalue weighted by molar-refractivity contribution is 7.91. The van der Waals surface area contributed by atoms with E-state index in [9.17, 15) is 49.5 Å². The highest BCUT2D eigenvalue weighted by atomic mass is 32.2. The number of sulfone groups is 1. The second kappa shape index (κ2) is 12.5. The molecule has 262 valence electrons. The maximum absolute atomic E-state index is 13.7. The van der Waals surface area contributed by atoms with E-state index in [1.807, 2.05) is 48.5 Å². The van der Waals surface area contributed by atoms with Crippen molar-refractivity contribution in [1.29, 1.82) is 0 Å². The maximum atomic E-state index is 13.7. The smallest absolute Gasteiger partial charge is 0.430 e. The molecule has 0 radical (unpaired) electrons. The van der Waals surface area contributed by atoms with E-state index in [4.69, 9.17) is 4.74 Å². The van der Waals surface area contributed by atoms with Gasteiger partial charge in [0.2, 0.25) is 0 Å². The molecule has 0 aromatic heterocycles. The quantitative estimate of drug-likeness (QED) is 0.195. The zero-order chi connectivity index (χ0) is 36.2. The number of nitrogens with zero attached hydrogens (tertiary/aromatic N) is 1. The Morgan fingerprint density at radius 3 is 1.94 bits per heavy atom. The van der Waals surface area contributed by atoms with E-state index in [1.54, 1.807) is 0 Å². The number of alkyl halides is 6. The number of amides is 2. The van der Waals surface area contributed by atoms with E-state index in [0.29, 0.717) is 17.7 Å². The van der Waals surface area contributed by atoms with E-state index in [1.165, 1.54) is 25.1 Å². The number of nitrogens with one attached hydrogen (secondary N) is 1. The second-order valence-electron chi connectivity index (χ2n) is 11.9. The van der Waals surface area contributed by atoms with Gasteiger partial charge in [-0.1, -0.05) is 73.7 Å². The van der Waals surface area contributed by atoms with E-state index in [-0.39, 0.29) is 41.0 Å². The lowest BCUT2D eigenvalue weighted by Gasteiger charge is -2.32. The van der Waals surface area contributed by atoms with Crippen LogP contribution >= 0.6 is 0 Å². The van der Waals surface area contributed by atoms with Crippen LogP contribution < -0.4 is 5.32 Å². The second-order valence-corrected chi connectivity index (χ2v) is 14.1. The number of hydrogen-bond acceptors (Lipinski definition) is 6. The lowest BCUT2D eigenvalue weighted by molar-refractivity contribution is -0.376. The molecule has 8 nitrogen and oxygen atoms in total. The molecule has 6 rings (SSSR count). The van der Waals surface area contributed by atoms with Crippen LogP contribution in [0.1, 0.15) is 46.7 Å². The molecule has 1 aliphatic carbocycles. The third-order valence-corrected chi connectivity index (χ3v) is 10.7. The van der Waals surface area contributed by atoms with E-state index in [0.717, 1.165) is 39.3 Å². The number of rotatable bonds is 7. The van der Waals surface area contributed by atoms with Crippen LogP contribution in [0.15, 0.2) is 95.9 Å². The fourth-order valence-electron chi connectivity index (χ4n) is 6.41. The van der Waals surface area contributed by atoms with E-state index < -0.39 is 51.4 Å². The number of carbonyl (C=O) groups excluding carboxylic acids is 2. The van der Waals surface area contributed by atoms with Crippen molar-refractivity contribution in [2.24, 2.45) is 0 Å². The number of aliphatic hydroxyl groups is 1. The number of fused-ring (bicyclic) bond motifs is 4. The highest BCUT2D eigenvalue weighted by Gasteiger charge is 2.71. The number of anilines is 1. The van der Waals surface area contributed by atoms with Crippen LogP contribution in [0.4, 0.5) is 36.8 Å². The molecule has 0 saturated heterocycles. The number of benzene rings is 4. The third-order valence-electron chi connectivity index (χ3n) is 9.01. The van der Waals surface area contributed by atoms with Crippen LogP contribution in [0, 0.1) is 0 Å². The highest BCUT2D eigenvalue weighted by Crippen LogP contribution is 2.50. The summed E-state index contributed by atoms with van der Waals surface area (Å²) in [4.78, 5) is 28.5. The summed E-state index contributed by atoms with van der Waals surface area (Å²) in [7, 11) is -3.68. The molecule has 2 aliphatic rings. The Kier molecular flexibility index (Phi) is 8.71. The van der Waals surface area contributed by atoms with Gasteiger partial charge in [0.1, 0.15) is 12.6 Å². The Balaban J connectivity index is 1.28. The Morgan fingerprint density at radius 2 is 1.40 bits per heavy atom.